The van der Waals surface area contributed by atoms with Crippen LogP contribution in [0.2, 0.25) is 0 Å². The van der Waals surface area contributed by atoms with Crippen LogP contribution >= 0.6 is 0 Å². The van der Waals surface area contributed by atoms with Crippen LogP contribution in [0.25, 0.3) is 0 Å². The summed E-state index contributed by atoms with van der Waals surface area (Å²) in [6.45, 7) is 8.76. The molecule has 0 fully saturated rings. The first-order chi connectivity index (χ1) is 23.1. The van der Waals surface area contributed by atoms with Gasteiger partial charge in [-0.2, -0.15) is 0 Å². The van der Waals surface area contributed by atoms with Crippen LogP contribution in [0, 0.1) is 5.92 Å². The van der Waals surface area contributed by atoms with Crippen LogP contribution in [-0.4, -0.2) is 78.3 Å². The van der Waals surface area contributed by atoms with Gasteiger partial charge in [0.1, 0.15) is 30.5 Å². The monoisotopic (exact) mass is 676 g/mol. The van der Waals surface area contributed by atoms with Gasteiger partial charge in [-0.25, -0.2) is 9.59 Å². The Bertz CT molecular complexity index is 1460. The number of ether oxygens (including phenoxy) is 2. The molecule has 0 aliphatic carbocycles. The molecule has 0 spiro atoms. The number of aliphatic hydroxyl groups excluding tert-OH is 2. The van der Waals surface area contributed by atoms with Crippen molar-refractivity contribution < 1.29 is 34.1 Å². The Morgan fingerprint density at radius 1 is 0.694 bits per heavy atom. The van der Waals surface area contributed by atoms with Crippen molar-refractivity contribution in [2.24, 2.45) is 5.92 Å². The maximum atomic E-state index is 13.8. The topological polar surface area (TPSA) is 149 Å². The van der Waals surface area contributed by atoms with E-state index in [-0.39, 0.29) is 25.4 Å². The molecule has 0 radical (unpaired) electrons. The van der Waals surface area contributed by atoms with Crippen molar-refractivity contribution in [2.45, 2.75) is 90.0 Å². The molecule has 11 heteroatoms. The lowest BCUT2D eigenvalue weighted by atomic mass is 9.90. The molecule has 3 amide bonds. The van der Waals surface area contributed by atoms with E-state index in [4.69, 9.17) is 9.47 Å². The van der Waals surface area contributed by atoms with Crippen molar-refractivity contribution in [3.05, 3.63) is 102 Å². The molecule has 3 aromatic carbocycles. The van der Waals surface area contributed by atoms with Crippen molar-refractivity contribution >= 4 is 23.8 Å². The van der Waals surface area contributed by atoms with Crippen LogP contribution in [0.1, 0.15) is 51.3 Å². The zero-order valence-electron chi connectivity index (χ0n) is 29.6. The van der Waals surface area contributed by atoms with Crippen molar-refractivity contribution in [3.63, 3.8) is 0 Å². The van der Waals surface area contributed by atoms with E-state index < -0.39 is 54.0 Å². The van der Waals surface area contributed by atoms with Gasteiger partial charge >= 0.3 is 12.2 Å². The summed E-state index contributed by atoms with van der Waals surface area (Å²) < 4.78 is 10.9. The van der Waals surface area contributed by atoms with Gasteiger partial charge in [-0.3, -0.25) is 4.79 Å². The highest BCUT2D eigenvalue weighted by atomic mass is 16.6. The molecule has 3 rings (SSSR count). The van der Waals surface area contributed by atoms with Crippen molar-refractivity contribution in [1.29, 1.82) is 0 Å². The van der Waals surface area contributed by atoms with Gasteiger partial charge in [0.25, 0.3) is 0 Å². The SMILES string of the molecule is CC(C)[C@H](NC(=O)OCc1ccc(N(C)C)cc1)C(=O)N[C@H](Cc1ccccc1)[C@@H](O)[C@@H](O)C(Cc1ccccc1)NC(=O)OC(C)(C)C. The summed E-state index contributed by atoms with van der Waals surface area (Å²) in [5, 5.41) is 31.5. The van der Waals surface area contributed by atoms with Crippen LogP contribution in [0.5, 0.6) is 0 Å². The first kappa shape index (κ1) is 38.8. The fourth-order valence-corrected chi connectivity index (χ4v) is 5.20. The van der Waals surface area contributed by atoms with Crippen LogP contribution in [0.3, 0.4) is 0 Å². The number of aliphatic hydroxyl groups is 2. The van der Waals surface area contributed by atoms with E-state index in [0.717, 1.165) is 22.4 Å². The zero-order chi connectivity index (χ0) is 36.1. The second-order valence-electron chi connectivity index (χ2n) is 13.7. The number of carbonyl (C=O) groups is 3. The van der Waals surface area contributed by atoms with Crippen molar-refractivity contribution in [2.75, 3.05) is 19.0 Å². The van der Waals surface area contributed by atoms with Gasteiger partial charge < -0.3 is 40.5 Å². The van der Waals surface area contributed by atoms with Gasteiger partial charge in [-0.05, 0) is 68.4 Å². The largest absolute Gasteiger partial charge is 0.445 e. The van der Waals surface area contributed by atoms with Gasteiger partial charge in [-0.1, -0.05) is 86.6 Å². The number of nitrogens with one attached hydrogen (secondary N) is 3. The summed E-state index contributed by atoms with van der Waals surface area (Å²) in [7, 11) is 3.87. The number of hydrogen-bond donors (Lipinski definition) is 5. The first-order valence-electron chi connectivity index (χ1n) is 16.6. The summed E-state index contributed by atoms with van der Waals surface area (Å²) in [4.78, 5) is 41.4. The Balaban J connectivity index is 1.79. The predicted molar refractivity (Wildman–Crippen MR) is 190 cm³/mol. The predicted octanol–water partition coefficient (Wildman–Crippen LogP) is 4.59. The van der Waals surface area contributed by atoms with Crippen LogP contribution < -0.4 is 20.9 Å². The molecule has 266 valence electrons. The van der Waals surface area contributed by atoms with Crippen molar-refractivity contribution in [1.82, 2.24) is 16.0 Å². The molecule has 0 bridgehead atoms. The minimum absolute atomic E-state index is 0.0148. The van der Waals surface area contributed by atoms with E-state index in [1.54, 1.807) is 34.6 Å². The third kappa shape index (κ3) is 13.1. The highest BCUT2D eigenvalue weighted by molar-refractivity contribution is 5.86. The quantitative estimate of drug-likeness (QED) is 0.157. The third-order valence-corrected chi connectivity index (χ3v) is 7.85. The number of benzene rings is 3. The summed E-state index contributed by atoms with van der Waals surface area (Å²) in [5.41, 5.74) is 2.62. The number of hydrogen-bond acceptors (Lipinski definition) is 8. The molecule has 11 nitrogen and oxygen atoms in total. The Kier molecular flexibility index (Phi) is 14.5. The van der Waals surface area contributed by atoms with E-state index >= 15 is 0 Å². The van der Waals surface area contributed by atoms with Gasteiger partial charge in [0, 0.05) is 19.8 Å². The number of carbonyl (C=O) groups excluding carboxylic acids is 3. The Morgan fingerprint density at radius 3 is 1.63 bits per heavy atom. The number of nitrogens with zero attached hydrogens (tertiary/aromatic N) is 1. The number of amides is 3. The average molecular weight is 677 g/mol. The summed E-state index contributed by atoms with van der Waals surface area (Å²) >= 11 is 0. The minimum atomic E-state index is -1.53. The summed E-state index contributed by atoms with van der Waals surface area (Å²) in [5.74, 6) is -0.903. The van der Waals surface area contributed by atoms with Crippen LogP contribution in [-0.2, 0) is 33.7 Å². The molecule has 0 aromatic heterocycles. The minimum Gasteiger partial charge on any atom is -0.445 e. The molecule has 0 saturated carbocycles. The lowest BCUT2D eigenvalue weighted by Crippen LogP contribution is -2.60. The van der Waals surface area contributed by atoms with Gasteiger partial charge in [0.15, 0.2) is 0 Å². The Morgan fingerprint density at radius 2 is 1.18 bits per heavy atom. The lowest BCUT2D eigenvalue weighted by molar-refractivity contribution is -0.126. The molecule has 0 aliphatic heterocycles. The molecule has 1 unspecified atom stereocenters. The molecule has 0 aliphatic rings. The zero-order valence-corrected chi connectivity index (χ0v) is 29.6. The second kappa shape index (κ2) is 18.2. The van der Waals surface area contributed by atoms with Crippen LogP contribution in [0.15, 0.2) is 84.9 Å². The molecule has 49 heavy (non-hydrogen) atoms. The highest BCUT2D eigenvalue weighted by Gasteiger charge is 2.37. The Hall–Kier alpha value is -4.61. The van der Waals surface area contributed by atoms with E-state index in [1.165, 1.54) is 0 Å². The molecular weight excluding hydrogens is 624 g/mol. The number of rotatable bonds is 15. The molecular formula is C38H52N4O7. The van der Waals surface area contributed by atoms with Gasteiger partial charge in [0.05, 0.1) is 12.1 Å². The van der Waals surface area contributed by atoms with E-state index in [0.29, 0.717) is 0 Å². The van der Waals surface area contributed by atoms with E-state index in [2.05, 4.69) is 16.0 Å². The molecule has 0 saturated heterocycles. The second-order valence-corrected chi connectivity index (χ2v) is 13.7. The third-order valence-electron chi connectivity index (χ3n) is 7.85. The van der Waals surface area contributed by atoms with E-state index in [9.17, 15) is 24.6 Å². The van der Waals surface area contributed by atoms with E-state index in [1.807, 2.05) is 104 Å². The number of alkyl carbamates (subject to hydrolysis) is 2. The molecule has 5 atom stereocenters. The smallest absolute Gasteiger partial charge is 0.408 e. The fraction of sp³-hybridized carbons (Fsp3) is 0.447. The van der Waals surface area contributed by atoms with Crippen LogP contribution in [0.4, 0.5) is 15.3 Å². The number of anilines is 1. The standard InChI is InChI=1S/C38H52N4O7/c1-25(2)32(41-36(46)48-24-28-18-20-29(21-19-28)42(6)7)35(45)39-30(22-26-14-10-8-11-15-26)33(43)34(44)31(23-27-16-12-9-13-17-27)40-37(47)49-38(3,4)5/h8-21,25,30-34,43-44H,22-24H2,1-7H3,(H,39,45)(H,40,47)(H,41,46)/t30-,31?,32+,33-,34+/m1/s1. The maximum absolute atomic E-state index is 13.8. The molecule has 5 N–H and O–H groups in total. The highest BCUT2D eigenvalue weighted by Crippen LogP contribution is 2.17. The van der Waals surface area contributed by atoms with Crippen molar-refractivity contribution in [3.8, 4) is 0 Å². The normalized spacial score (nSPS) is 14.5. The van der Waals surface area contributed by atoms with Gasteiger partial charge in [-0.15, -0.1) is 0 Å². The summed E-state index contributed by atoms with van der Waals surface area (Å²) in [6.07, 6.45) is -4.22. The lowest BCUT2D eigenvalue weighted by Gasteiger charge is -2.34. The average Bonchev–Trinajstić information content (AvgIpc) is 3.05. The maximum Gasteiger partial charge on any atom is 0.408 e. The summed E-state index contributed by atoms with van der Waals surface area (Å²) in [6, 6.07) is 23.0. The van der Waals surface area contributed by atoms with Gasteiger partial charge in [0.2, 0.25) is 5.91 Å². The molecule has 0 heterocycles. The molecule has 3 aromatic rings. The first-order valence-corrected chi connectivity index (χ1v) is 16.6. The fourth-order valence-electron chi connectivity index (χ4n) is 5.20. The Labute approximate surface area is 290 Å².